The minimum Gasteiger partial charge on any atom is -0.496 e. The predicted molar refractivity (Wildman–Crippen MR) is 127 cm³/mol. The van der Waals surface area contributed by atoms with Crippen molar-refractivity contribution in [1.82, 2.24) is 15.2 Å². The summed E-state index contributed by atoms with van der Waals surface area (Å²) < 4.78 is 5.20. The monoisotopic (exact) mass is 454 g/mol. The first-order valence-electron chi connectivity index (χ1n) is 10.9. The molecule has 176 valence electrons. The lowest BCUT2D eigenvalue weighted by Crippen LogP contribution is -2.35. The van der Waals surface area contributed by atoms with E-state index in [0.29, 0.717) is 34.7 Å². The SMILES string of the molecule is CCN(CC)CCNC(=O)c1c(C)[nH]c(C=C2C(=O)Nc3ccc(OC)c(C(=O)O)c32)c1C. The van der Waals surface area contributed by atoms with Gasteiger partial charge in [-0.3, -0.25) is 9.59 Å². The fraction of sp³-hybridized carbons (Fsp3) is 0.375. The van der Waals surface area contributed by atoms with E-state index in [0.717, 1.165) is 19.6 Å². The zero-order valence-electron chi connectivity index (χ0n) is 19.6. The molecule has 0 radical (unpaired) electrons. The summed E-state index contributed by atoms with van der Waals surface area (Å²) in [5.41, 5.74) is 3.21. The molecule has 0 aliphatic carbocycles. The first-order chi connectivity index (χ1) is 15.7. The number of carbonyl (C=O) groups excluding carboxylic acids is 2. The highest BCUT2D eigenvalue weighted by atomic mass is 16.5. The molecular formula is C24H30N4O5. The van der Waals surface area contributed by atoms with E-state index in [-0.39, 0.29) is 28.4 Å². The number of carboxylic acid groups (broad SMARTS) is 1. The van der Waals surface area contributed by atoms with Gasteiger partial charge in [0.25, 0.3) is 11.8 Å². The smallest absolute Gasteiger partial charge is 0.340 e. The van der Waals surface area contributed by atoms with Crippen LogP contribution >= 0.6 is 0 Å². The number of methoxy groups -OCH3 is 1. The molecule has 2 aromatic rings. The lowest BCUT2D eigenvalue weighted by Gasteiger charge is -2.18. The number of carboxylic acids is 1. The molecule has 3 rings (SSSR count). The quantitative estimate of drug-likeness (QED) is 0.432. The first-order valence-corrected chi connectivity index (χ1v) is 10.9. The summed E-state index contributed by atoms with van der Waals surface area (Å²) in [6, 6.07) is 3.12. The lowest BCUT2D eigenvalue weighted by molar-refractivity contribution is -0.110. The average Bonchev–Trinajstić information content (AvgIpc) is 3.25. The molecule has 1 aromatic carbocycles. The Kier molecular flexibility index (Phi) is 7.23. The number of benzene rings is 1. The van der Waals surface area contributed by atoms with Crippen molar-refractivity contribution >= 4 is 35.1 Å². The molecule has 0 saturated carbocycles. The number of anilines is 1. The second-order valence-corrected chi connectivity index (χ2v) is 7.83. The van der Waals surface area contributed by atoms with Crippen LogP contribution in [0.15, 0.2) is 12.1 Å². The Labute approximate surface area is 192 Å². The minimum atomic E-state index is -1.20. The van der Waals surface area contributed by atoms with Crippen molar-refractivity contribution in [2.75, 3.05) is 38.6 Å². The molecule has 1 aliphatic rings. The molecule has 0 fully saturated rings. The van der Waals surface area contributed by atoms with Gasteiger partial charge >= 0.3 is 5.97 Å². The van der Waals surface area contributed by atoms with Gasteiger partial charge in [0.1, 0.15) is 11.3 Å². The van der Waals surface area contributed by atoms with Crippen LogP contribution in [0.4, 0.5) is 5.69 Å². The van der Waals surface area contributed by atoms with Gasteiger partial charge in [-0.15, -0.1) is 0 Å². The zero-order chi connectivity index (χ0) is 24.3. The number of ether oxygens (including phenoxy) is 1. The van der Waals surface area contributed by atoms with Crippen LogP contribution in [0.25, 0.3) is 11.6 Å². The summed E-state index contributed by atoms with van der Waals surface area (Å²) in [5.74, 6) is -1.64. The van der Waals surface area contributed by atoms with Gasteiger partial charge in [0.05, 0.1) is 23.9 Å². The van der Waals surface area contributed by atoms with Crippen LogP contribution in [0.5, 0.6) is 5.75 Å². The van der Waals surface area contributed by atoms with Crippen molar-refractivity contribution < 1.29 is 24.2 Å². The molecule has 9 heteroatoms. The molecule has 33 heavy (non-hydrogen) atoms. The average molecular weight is 455 g/mol. The number of carbonyl (C=O) groups is 3. The Hall–Kier alpha value is -3.59. The summed E-state index contributed by atoms with van der Waals surface area (Å²) in [4.78, 5) is 42.9. The fourth-order valence-electron chi connectivity index (χ4n) is 4.15. The van der Waals surface area contributed by atoms with Crippen LogP contribution in [0.1, 0.15) is 57.1 Å². The number of nitrogens with one attached hydrogen (secondary N) is 3. The molecule has 1 aromatic heterocycles. The van der Waals surface area contributed by atoms with E-state index >= 15 is 0 Å². The maximum absolute atomic E-state index is 12.8. The summed E-state index contributed by atoms with van der Waals surface area (Å²) in [5, 5.41) is 15.4. The normalized spacial score (nSPS) is 13.9. The number of hydrogen-bond donors (Lipinski definition) is 4. The third kappa shape index (κ3) is 4.63. The molecule has 1 aliphatic heterocycles. The number of aromatic amines is 1. The van der Waals surface area contributed by atoms with Crippen LogP contribution < -0.4 is 15.4 Å². The van der Waals surface area contributed by atoms with E-state index in [1.54, 1.807) is 26.0 Å². The Balaban J connectivity index is 1.96. The number of H-pyrrole nitrogens is 1. The molecule has 0 bridgehead atoms. The van der Waals surface area contributed by atoms with Crippen LogP contribution in [0.3, 0.4) is 0 Å². The number of nitrogens with zero attached hydrogens (tertiary/aromatic N) is 1. The van der Waals surface area contributed by atoms with Crippen molar-refractivity contribution in [1.29, 1.82) is 0 Å². The largest absolute Gasteiger partial charge is 0.496 e. The lowest BCUT2D eigenvalue weighted by atomic mass is 9.98. The predicted octanol–water partition coefficient (Wildman–Crippen LogP) is 2.90. The number of aromatic nitrogens is 1. The van der Waals surface area contributed by atoms with Gasteiger partial charge in [0.2, 0.25) is 0 Å². The van der Waals surface area contributed by atoms with E-state index in [2.05, 4.69) is 34.4 Å². The first kappa shape index (κ1) is 24.1. The van der Waals surface area contributed by atoms with E-state index in [4.69, 9.17) is 4.74 Å². The van der Waals surface area contributed by atoms with Gasteiger partial charge in [0.15, 0.2) is 0 Å². The molecule has 0 spiro atoms. The van der Waals surface area contributed by atoms with E-state index in [1.165, 1.54) is 13.2 Å². The molecule has 0 atom stereocenters. The highest BCUT2D eigenvalue weighted by Gasteiger charge is 2.32. The van der Waals surface area contributed by atoms with Crippen molar-refractivity contribution in [2.45, 2.75) is 27.7 Å². The number of likely N-dealkylation sites (N-methyl/N-ethyl adjacent to an activating group) is 1. The van der Waals surface area contributed by atoms with Crippen molar-refractivity contribution in [3.05, 3.63) is 45.8 Å². The third-order valence-electron chi connectivity index (χ3n) is 5.96. The van der Waals surface area contributed by atoms with Gasteiger partial charge < -0.3 is 30.4 Å². The fourth-order valence-corrected chi connectivity index (χ4v) is 4.15. The van der Waals surface area contributed by atoms with Crippen molar-refractivity contribution in [2.24, 2.45) is 0 Å². The van der Waals surface area contributed by atoms with E-state index in [9.17, 15) is 19.5 Å². The Morgan fingerprint density at radius 3 is 2.48 bits per heavy atom. The zero-order valence-corrected chi connectivity index (χ0v) is 19.6. The minimum absolute atomic E-state index is 0.0881. The Morgan fingerprint density at radius 2 is 1.88 bits per heavy atom. The molecule has 0 unspecified atom stereocenters. The summed E-state index contributed by atoms with van der Waals surface area (Å²) in [6.45, 7) is 10.9. The second kappa shape index (κ2) is 9.91. The van der Waals surface area contributed by atoms with Crippen LogP contribution in [-0.2, 0) is 4.79 Å². The number of aryl methyl sites for hydroxylation is 1. The molecule has 4 N–H and O–H groups in total. The number of fused-ring (bicyclic) bond motifs is 1. The van der Waals surface area contributed by atoms with Gasteiger partial charge in [-0.25, -0.2) is 4.79 Å². The second-order valence-electron chi connectivity index (χ2n) is 7.83. The highest BCUT2D eigenvalue weighted by Crippen LogP contribution is 2.40. The summed E-state index contributed by atoms with van der Waals surface area (Å²) in [7, 11) is 1.38. The van der Waals surface area contributed by atoms with Crippen LogP contribution in [0.2, 0.25) is 0 Å². The van der Waals surface area contributed by atoms with E-state index < -0.39 is 11.9 Å². The molecule has 2 amide bonds. The molecule has 2 heterocycles. The Bertz CT molecular complexity index is 1130. The van der Waals surface area contributed by atoms with Crippen molar-refractivity contribution in [3.63, 3.8) is 0 Å². The summed E-state index contributed by atoms with van der Waals surface area (Å²) in [6.07, 6.45) is 1.59. The number of rotatable bonds is 9. The van der Waals surface area contributed by atoms with Crippen LogP contribution in [-0.4, -0.2) is 66.1 Å². The third-order valence-corrected chi connectivity index (χ3v) is 5.96. The molecule has 9 nitrogen and oxygen atoms in total. The topological polar surface area (TPSA) is 124 Å². The van der Waals surface area contributed by atoms with Gasteiger partial charge in [0, 0.05) is 30.0 Å². The van der Waals surface area contributed by atoms with Crippen molar-refractivity contribution in [3.8, 4) is 5.75 Å². The number of amides is 2. The molecular weight excluding hydrogens is 424 g/mol. The molecule has 0 saturated heterocycles. The van der Waals surface area contributed by atoms with Gasteiger partial charge in [-0.2, -0.15) is 0 Å². The maximum atomic E-state index is 12.8. The summed E-state index contributed by atoms with van der Waals surface area (Å²) >= 11 is 0. The van der Waals surface area contributed by atoms with Gasteiger partial charge in [-0.1, -0.05) is 13.8 Å². The van der Waals surface area contributed by atoms with Crippen LogP contribution in [0, 0.1) is 13.8 Å². The number of hydrogen-bond acceptors (Lipinski definition) is 5. The maximum Gasteiger partial charge on any atom is 0.340 e. The standard InChI is InChI=1S/C24H30N4O5/c1-6-28(7-2)11-10-25-23(30)19-13(3)17(26-14(19)4)12-15-20-16(27-22(15)29)8-9-18(33-5)21(20)24(31)32/h8-9,12,26H,6-7,10-11H2,1-5H3,(H,25,30)(H,27,29)(H,31,32). The number of aromatic carboxylic acids is 1. The van der Waals surface area contributed by atoms with Gasteiger partial charge in [-0.05, 0) is 50.7 Å². The highest BCUT2D eigenvalue weighted by molar-refractivity contribution is 6.36. The van der Waals surface area contributed by atoms with E-state index in [1.807, 2.05) is 0 Å². The Morgan fingerprint density at radius 1 is 1.18 bits per heavy atom.